The molecule has 1 amide bonds. The lowest BCUT2D eigenvalue weighted by molar-refractivity contribution is 0.0921. The second-order valence-corrected chi connectivity index (χ2v) is 6.33. The van der Waals surface area contributed by atoms with Gasteiger partial charge in [0.05, 0.1) is 6.10 Å². The monoisotopic (exact) mass is 312 g/mol. The molecule has 0 bridgehead atoms. The smallest absolute Gasteiger partial charge is 0.265 e. The first-order valence-electron chi connectivity index (χ1n) is 7.54. The van der Waals surface area contributed by atoms with Gasteiger partial charge in [-0.1, -0.05) is 17.8 Å². The Hall–Kier alpha value is -1.34. The van der Waals surface area contributed by atoms with E-state index >= 15 is 0 Å². The van der Waals surface area contributed by atoms with E-state index in [9.17, 15) is 9.90 Å². The molecule has 1 aromatic rings. The molecule has 0 saturated heterocycles. The van der Waals surface area contributed by atoms with Crippen LogP contribution in [0.15, 0.2) is 0 Å². The molecule has 1 aliphatic rings. The zero-order valence-electron chi connectivity index (χ0n) is 12.6. The average Bonchev–Trinajstić information content (AvgIpc) is 3.04. The van der Waals surface area contributed by atoms with E-state index < -0.39 is 0 Å². The molecular formula is C14H24N4O2S. The number of rotatable bonds is 6. The van der Waals surface area contributed by atoms with Crippen molar-refractivity contribution in [2.45, 2.75) is 39.2 Å². The van der Waals surface area contributed by atoms with Gasteiger partial charge < -0.3 is 21.1 Å². The van der Waals surface area contributed by atoms with Gasteiger partial charge in [-0.05, 0) is 26.7 Å². The molecule has 0 aliphatic heterocycles. The summed E-state index contributed by atoms with van der Waals surface area (Å²) < 4.78 is 0. The maximum atomic E-state index is 12.2. The van der Waals surface area contributed by atoms with E-state index in [1.807, 2.05) is 13.8 Å². The Kier molecular flexibility index (Phi) is 5.41. The van der Waals surface area contributed by atoms with Gasteiger partial charge in [0.15, 0.2) is 5.13 Å². The lowest BCUT2D eigenvalue weighted by Gasteiger charge is -2.16. The SMILES string of the molecule is CCN(CC)c1nc(N)c(C(=O)NCC2CCCC2O)s1. The molecule has 0 aromatic carbocycles. The minimum absolute atomic E-state index is 0.158. The van der Waals surface area contributed by atoms with Gasteiger partial charge in [-0.25, -0.2) is 4.98 Å². The van der Waals surface area contributed by atoms with E-state index in [1.165, 1.54) is 11.3 Å². The number of nitrogens with one attached hydrogen (secondary N) is 1. The van der Waals surface area contributed by atoms with Crippen LogP contribution in [0.4, 0.5) is 10.9 Å². The Labute approximate surface area is 129 Å². The first kappa shape index (κ1) is 16.0. The summed E-state index contributed by atoms with van der Waals surface area (Å²) in [5.41, 5.74) is 5.86. The number of aliphatic hydroxyl groups excluding tert-OH is 1. The van der Waals surface area contributed by atoms with Crippen molar-refractivity contribution in [3.05, 3.63) is 4.88 Å². The van der Waals surface area contributed by atoms with Crippen LogP contribution in [0.1, 0.15) is 42.8 Å². The molecule has 0 spiro atoms. The lowest BCUT2D eigenvalue weighted by atomic mass is 10.1. The molecule has 21 heavy (non-hydrogen) atoms. The number of carbonyl (C=O) groups excluding carboxylic acids is 1. The van der Waals surface area contributed by atoms with E-state index in [0.29, 0.717) is 11.4 Å². The molecule has 1 aliphatic carbocycles. The van der Waals surface area contributed by atoms with Crippen molar-refractivity contribution < 1.29 is 9.90 Å². The number of aromatic nitrogens is 1. The number of nitrogens with two attached hydrogens (primary N) is 1. The fraction of sp³-hybridized carbons (Fsp3) is 0.714. The Bertz CT molecular complexity index is 487. The number of nitrogen functional groups attached to an aromatic ring is 1. The van der Waals surface area contributed by atoms with Crippen LogP contribution in [0, 0.1) is 5.92 Å². The molecule has 6 nitrogen and oxygen atoms in total. The van der Waals surface area contributed by atoms with Gasteiger partial charge in [-0.3, -0.25) is 4.79 Å². The Morgan fingerprint density at radius 2 is 2.19 bits per heavy atom. The zero-order chi connectivity index (χ0) is 15.4. The summed E-state index contributed by atoms with van der Waals surface area (Å²) in [7, 11) is 0. The molecule has 1 fully saturated rings. The number of thiazole rings is 1. The van der Waals surface area contributed by atoms with Crippen LogP contribution in [0.5, 0.6) is 0 Å². The van der Waals surface area contributed by atoms with Crippen LogP contribution in [-0.2, 0) is 0 Å². The summed E-state index contributed by atoms with van der Waals surface area (Å²) in [4.78, 5) is 19.0. The van der Waals surface area contributed by atoms with Crippen molar-refractivity contribution in [1.82, 2.24) is 10.3 Å². The molecule has 1 heterocycles. The number of carbonyl (C=O) groups is 1. The molecule has 118 valence electrons. The second-order valence-electron chi connectivity index (χ2n) is 5.35. The van der Waals surface area contributed by atoms with E-state index in [1.54, 1.807) is 0 Å². The fourth-order valence-corrected chi connectivity index (χ4v) is 3.70. The minimum Gasteiger partial charge on any atom is -0.393 e. The lowest BCUT2D eigenvalue weighted by Crippen LogP contribution is -2.32. The van der Waals surface area contributed by atoms with Gasteiger partial charge >= 0.3 is 0 Å². The molecule has 1 saturated carbocycles. The highest BCUT2D eigenvalue weighted by atomic mass is 32.1. The Balaban J connectivity index is 1.98. The van der Waals surface area contributed by atoms with Gasteiger partial charge in [0.1, 0.15) is 10.7 Å². The van der Waals surface area contributed by atoms with Gasteiger partial charge in [0.2, 0.25) is 0 Å². The van der Waals surface area contributed by atoms with E-state index in [4.69, 9.17) is 5.73 Å². The standard InChI is InChI=1S/C14H24N4O2S/c1-3-18(4-2)14-17-12(15)11(21-14)13(20)16-8-9-6-5-7-10(9)19/h9-10,19H,3-8,15H2,1-2H3,(H,16,20). The van der Waals surface area contributed by atoms with Crippen molar-refractivity contribution in [2.75, 3.05) is 30.3 Å². The van der Waals surface area contributed by atoms with Crippen molar-refractivity contribution >= 4 is 28.2 Å². The number of aliphatic hydroxyl groups is 1. The summed E-state index contributed by atoms with van der Waals surface area (Å²) in [6.07, 6.45) is 2.52. The first-order chi connectivity index (χ1) is 10.1. The molecule has 4 N–H and O–H groups in total. The number of amides is 1. The maximum absolute atomic E-state index is 12.2. The molecule has 2 unspecified atom stereocenters. The summed E-state index contributed by atoms with van der Waals surface area (Å²) in [6, 6.07) is 0. The Morgan fingerprint density at radius 1 is 1.48 bits per heavy atom. The number of anilines is 2. The van der Waals surface area contributed by atoms with E-state index in [2.05, 4.69) is 15.2 Å². The van der Waals surface area contributed by atoms with Crippen LogP contribution in [0.25, 0.3) is 0 Å². The summed E-state index contributed by atoms with van der Waals surface area (Å²) >= 11 is 1.32. The predicted molar refractivity (Wildman–Crippen MR) is 85.8 cm³/mol. The van der Waals surface area contributed by atoms with Crippen LogP contribution >= 0.6 is 11.3 Å². The van der Waals surface area contributed by atoms with Gasteiger partial charge in [-0.15, -0.1) is 0 Å². The third kappa shape index (κ3) is 3.65. The highest BCUT2D eigenvalue weighted by molar-refractivity contribution is 7.18. The van der Waals surface area contributed by atoms with Gasteiger partial charge in [-0.2, -0.15) is 0 Å². The summed E-state index contributed by atoms with van der Waals surface area (Å²) in [5.74, 6) is 0.249. The molecule has 2 rings (SSSR count). The molecule has 7 heteroatoms. The van der Waals surface area contributed by atoms with Gasteiger partial charge in [0.25, 0.3) is 5.91 Å². The van der Waals surface area contributed by atoms with E-state index in [-0.39, 0.29) is 23.7 Å². The molecule has 1 aromatic heterocycles. The first-order valence-corrected chi connectivity index (χ1v) is 8.35. The van der Waals surface area contributed by atoms with Crippen molar-refractivity contribution in [3.8, 4) is 0 Å². The Morgan fingerprint density at radius 3 is 2.76 bits per heavy atom. The van der Waals surface area contributed by atoms with Crippen molar-refractivity contribution in [2.24, 2.45) is 5.92 Å². The molecular weight excluding hydrogens is 288 g/mol. The summed E-state index contributed by atoms with van der Waals surface area (Å²) in [5, 5.41) is 13.4. The summed E-state index contributed by atoms with van der Waals surface area (Å²) in [6.45, 7) is 6.25. The number of nitrogens with zero attached hydrogens (tertiary/aromatic N) is 2. The zero-order valence-corrected chi connectivity index (χ0v) is 13.4. The van der Waals surface area contributed by atoms with Gasteiger partial charge in [0, 0.05) is 25.6 Å². The van der Waals surface area contributed by atoms with Crippen molar-refractivity contribution in [1.29, 1.82) is 0 Å². The number of hydrogen-bond donors (Lipinski definition) is 3. The fourth-order valence-electron chi connectivity index (χ4n) is 2.67. The third-order valence-corrected chi connectivity index (χ3v) is 5.16. The normalized spacial score (nSPS) is 21.5. The topological polar surface area (TPSA) is 91.5 Å². The second kappa shape index (κ2) is 7.09. The average molecular weight is 312 g/mol. The minimum atomic E-state index is -0.296. The predicted octanol–water partition coefficient (Wildman–Crippen LogP) is 1.46. The van der Waals surface area contributed by atoms with Crippen LogP contribution in [0.2, 0.25) is 0 Å². The van der Waals surface area contributed by atoms with Crippen LogP contribution < -0.4 is 16.0 Å². The van der Waals surface area contributed by atoms with Crippen LogP contribution in [-0.4, -0.2) is 41.7 Å². The third-order valence-electron chi connectivity index (χ3n) is 4.03. The van der Waals surface area contributed by atoms with E-state index in [0.717, 1.165) is 37.5 Å². The maximum Gasteiger partial charge on any atom is 0.265 e. The van der Waals surface area contributed by atoms with Crippen LogP contribution in [0.3, 0.4) is 0 Å². The largest absolute Gasteiger partial charge is 0.393 e. The number of hydrogen-bond acceptors (Lipinski definition) is 6. The van der Waals surface area contributed by atoms with Crippen molar-refractivity contribution in [3.63, 3.8) is 0 Å². The molecule has 2 atom stereocenters. The molecule has 0 radical (unpaired) electrons. The highest BCUT2D eigenvalue weighted by Gasteiger charge is 2.26. The highest BCUT2D eigenvalue weighted by Crippen LogP contribution is 2.28. The quantitative estimate of drug-likeness (QED) is 0.740.